The molecule has 1 aliphatic heterocycles. The summed E-state index contributed by atoms with van der Waals surface area (Å²) in [6.45, 7) is 0.681. The summed E-state index contributed by atoms with van der Waals surface area (Å²) in [7, 11) is 1.96. The standard InChI is InChI=1S/C12H15ClN2O2/c1-15(9-4-2-3-8(13)5-9)10-6-11(12(16)17)14-7-10/h2-5,10-11,14H,6-7H2,1H3,(H,16,17)/t10-,11-/m0/s1. The molecule has 0 aliphatic carbocycles. The first-order valence-corrected chi connectivity index (χ1v) is 5.90. The predicted octanol–water partition coefficient (Wildman–Crippen LogP) is 1.59. The third kappa shape index (κ3) is 2.70. The molecule has 1 aromatic carbocycles. The van der Waals surface area contributed by atoms with Crippen LogP contribution in [-0.4, -0.2) is 36.8 Å². The van der Waals surface area contributed by atoms with Gasteiger partial charge in [-0.2, -0.15) is 0 Å². The molecule has 0 bridgehead atoms. The van der Waals surface area contributed by atoms with Gasteiger partial charge in [-0.1, -0.05) is 17.7 Å². The minimum atomic E-state index is -0.785. The van der Waals surface area contributed by atoms with Crippen molar-refractivity contribution >= 4 is 23.3 Å². The monoisotopic (exact) mass is 254 g/mol. The lowest BCUT2D eigenvalue weighted by Crippen LogP contribution is -2.33. The molecule has 1 fully saturated rings. The van der Waals surface area contributed by atoms with E-state index in [0.29, 0.717) is 18.0 Å². The average Bonchev–Trinajstić information content (AvgIpc) is 2.77. The van der Waals surface area contributed by atoms with Gasteiger partial charge in [0.05, 0.1) is 0 Å². The number of aliphatic carboxylic acids is 1. The van der Waals surface area contributed by atoms with Crippen molar-refractivity contribution in [3.05, 3.63) is 29.3 Å². The summed E-state index contributed by atoms with van der Waals surface area (Å²) in [5.74, 6) is -0.785. The number of carboxylic acid groups (broad SMARTS) is 1. The second-order valence-electron chi connectivity index (χ2n) is 4.28. The number of carbonyl (C=O) groups is 1. The number of hydrogen-bond acceptors (Lipinski definition) is 3. The Morgan fingerprint density at radius 1 is 1.59 bits per heavy atom. The fourth-order valence-corrected chi connectivity index (χ4v) is 2.29. The highest BCUT2D eigenvalue weighted by molar-refractivity contribution is 6.30. The molecule has 2 atom stereocenters. The Kier molecular flexibility index (Phi) is 3.54. The van der Waals surface area contributed by atoms with Crippen molar-refractivity contribution in [3.8, 4) is 0 Å². The number of rotatable bonds is 3. The molecule has 1 heterocycles. The highest BCUT2D eigenvalue weighted by atomic mass is 35.5. The van der Waals surface area contributed by atoms with E-state index in [1.807, 2.05) is 31.3 Å². The zero-order valence-electron chi connectivity index (χ0n) is 9.56. The Morgan fingerprint density at radius 3 is 2.94 bits per heavy atom. The molecule has 2 N–H and O–H groups in total. The van der Waals surface area contributed by atoms with Gasteiger partial charge < -0.3 is 15.3 Å². The second kappa shape index (κ2) is 4.94. The molecule has 1 saturated heterocycles. The Morgan fingerprint density at radius 2 is 2.35 bits per heavy atom. The molecule has 2 rings (SSSR count). The summed E-state index contributed by atoms with van der Waals surface area (Å²) in [5, 5.41) is 12.6. The lowest BCUT2D eigenvalue weighted by molar-refractivity contribution is -0.139. The smallest absolute Gasteiger partial charge is 0.320 e. The van der Waals surface area contributed by atoms with Crippen molar-refractivity contribution in [1.29, 1.82) is 0 Å². The first-order valence-electron chi connectivity index (χ1n) is 5.52. The summed E-state index contributed by atoms with van der Waals surface area (Å²) in [5.41, 5.74) is 1.01. The number of anilines is 1. The van der Waals surface area contributed by atoms with Crippen molar-refractivity contribution in [2.45, 2.75) is 18.5 Å². The lowest BCUT2D eigenvalue weighted by Gasteiger charge is -2.26. The van der Waals surface area contributed by atoms with Gasteiger partial charge in [-0.05, 0) is 24.6 Å². The van der Waals surface area contributed by atoms with Crippen LogP contribution in [0, 0.1) is 0 Å². The summed E-state index contributed by atoms with van der Waals surface area (Å²) in [6.07, 6.45) is 0.609. The molecular weight excluding hydrogens is 240 g/mol. The van der Waals surface area contributed by atoms with Crippen molar-refractivity contribution < 1.29 is 9.90 Å². The van der Waals surface area contributed by atoms with E-state index in [9.17, 15) is 4.79 Å². The third-order valence-corrected chi connectivity index (χ3v) is 3.40. The van der Waals surface area contributed by atoms with Crippen molar-refractivity contribution in [2.75, 3.05) is 18.5 Å². The first kappa shape index (κ1) is 12.2. The van der Waals surface area contributed by atoms with Crippen LogP contribution in [-0.2, 0) is 4.79 Å². The molecule has 1 aliphatic rings. The van der Waals surface area contributed by atoms with Crippen LogP contribution < -0.4 is 10.2 Å². The fraction of sp³-hybridized carbons (Fsp3) is 0.417. The van der Waals surface area contributed by atoms with Gasteiger partial charge in [-0.15, -0.1) is 0 Å². The first-order chi connectivity index (χ1) is 8.08. The van der Waals surface area contributed by atoms with Gasteiger partial charge in [0.2, 0.25) is 0 Å². The SMILES string of the molecule is CN(c1cccc(Cl)c1)[C@@H]1CN[C@H](C(=O)O)C1. The third-order valence-electron chi connectivity index (χ3n) is 3.17. The van der Waals surface area contributed by atoms with E-state index in [0.717, 1.165) is 5.69 Å². The van der Waals surface area contributed by atoms with Crippen LogP contribution in [0.3, 0.4) is 0 Å². The molecule has 0 aromatic heterocycles. The van der Waals surface area contributed by atoms with Gasteiger partial charge in [0, 0.05) is 30.3 Å². The van der Waals surface area contributed by atoms with Gasteiger partial charge in [0.15, 0.2) is 0 Å². The van der Waals surface area contributed by atoms with Crippen molar-refractivity contribution in [2.24, 2.45) is 0 Å². The Balaban J connectivity index is 2.06. The van der Waals surface area contributed by atoms with E-state index in [1.165, 1.54) is 0 Å². The van der Waals surface area contributed by atoms with Gasteiger partial charge in [-0.25, -0.2) is 0 Å². The largest absolute Gasteiger partial charge is 0.480 e. The molecule has 0 amide bonds. The van der Waals surface area contributed by atoms with E-state index in [2.05, 4.69) is 10.2 Å². The lowest BCUT2D eigenvalue weighted by atomic mass is 10.1. The second-order valence-corrected chi connectivity index (χ2v) is 4.72. The van der Waals surface area contributed by atoms with Crippen LogP contribution in [0.5, 0.6) is 0 Å². The number of carboxylic acids is 1. The molecule has 17 heavy (non-hydrogen) atoms. The van der Waals surface area contributed by atoms with Gasteiger partial charge in [-0.3, -0.25) is 4.79 Å². The number of hydrogen-bond donors (Lipinski definition) is 2. The van der Waals surface area contributed by atoms with Crippen molar-refractivity contribution in [3.63, 3.8) is 0 Å². The van der Waals surface area contributed by atoms with Crippen LogP contribution in [0.2, 0.25) is 5.02 Å². The van der Waals surface area contributed by atoms with Gasteiger partial charge in [0.1, 0.15) is 6.04 Å². The fourth-order valence-electron chi connectivity index (χ4n) is 2.11. The van der Waals surface area contributed by atoms with Crippen LogP contribution in [0.25, 0.3) is 0 Å². The summed E-state index contributed by atoms with van der Waals surface area (Å²) in [4.78, 5) is 12.9. The van der Waals surface area contributed by atoms with E-state index >= 15 is 0 Å². The predicted molar refractivity (Wildman–Crippen MR) is 67.7 cm³/mol. The number of nitrogens with zero attached hydrogens (tertiary/aromatic N) is 1. The van der Waals surface area contributed by atoms with Crippen LogP contribution in [0.15, 0.2) is 24.3 Å². The van der Waals surface area contributed by atoms with Gasteiger partial charge in [0.25, 0.3) is 0 Å². The molecule has 0 unspecified atom stereocenters. The summed E-state index contributed by atoms with van der Waals surface area (Å²) < 4.78 is 0. The molecule has 5 heteroatoms. The molecule has 0 saturated carbocycles. The Hall–Kier alpha value is -1.26. The minimum absolute atomic E-state index is 0.189. The van der Waals surface area contributed by atoms with Crippen LogP contribution >= 0.6 is 11.6 Å². The zero-order valence-corrected chi connectivity index (χ0v) is 10.3. The highest BCUT2D eigenvalue weighted by Crippen LogP contribution is 2.23. The molecule has 0 spiro atoms. The normalized spacial score (nSPS) is 23.6. The molecule has 4 nitrogen and oxygen atoms in total. The van der Waals surface area contributed by atoms with Crippen LogP contribution in [0.4, 0.5) is 5.69 Å². The summed E-state index contributed by atoms with van der Waals surface area (Å²) in [6, 6.07) is 7.32. The van der Waals surface area contributed by atoms with E-state index in [1.54, 1.807) is 0 Å². The molecule has 0 radical (unpaired) electrons. The number of halogens is 1. The maximum absolute atomic E-state index is 10.9. The maximum atomic E-state index is 10.9. The number of benzene rings is 1. The highest BCUT2D eigenvalue weighted by Gasteiger charge is 2.31. The number of likely N-dealkylation sites (N-methyl/N-ethyl adjacent to an activating group) is 1. The van der Waals surface area contributed by atoms with E-state index < -0.39 is 12.0 Å². The molecular formula is C12H15ClN2O2. The minimum Gasteiger partial charge on any atom is -0.480 e. The Bertz CT molecular complexity index is 425. The maximum Gasteiger partial charge on any atom is 0.320 e. The zero-order chi connectivity index (χ0) is 12.4. The van der Waals surface area contributed by atoms with Crippen molar-refractivity contribution in [1.82, 2.24) is 5.32 Å². The quantitative estimate of drug-likeness (QED) is 0.860. The van der Waals surface area contributed by atoms with Gasteiger partial charge >= 0.3 is 5.97 Å². The molecule has 1 aromatic rings. The summed E-state index contributed by atoms with van der Waals surface area (Å²) >= 11 is 5.94. The average molecular weight is 255 g/mol. The van der Waals surface area contributed by atoms with Crippen LogP contribution in [0.1, 0.15) is 6.42 Å². The number of nitrogens with one attached hydrogen (secondary N) is 1. The molecule has 92 valence electrons. The van der Waals surface area contributed by atoms with E-state index in [-0.39, 0.29) is 6.04 Å². The topological polar surface area (TPSA) is 52.6 Å². The Labute approximate surface area is 105 Å². The van der Waals surface area contributed by atoms with E-state index in [4.69, 9.17) is 16.7 Å².